The van der Waals surface area contributed by atoms with Crippen LogP contribution in [-0.2, 0) is 16.1 Å². The van der Waals surface area contributed by atoms with Crippen molar-refractivity contribution in [3.8, 4) is 12.3 Å². The van der Waals surface area contributed by atoms with E-state index < -0.39 is 0 Å². The molecule has 168 valence electrons. The predicted molar refractivity (Wildman–Crippen MR) is 134 cm³/mol. The number of likely N-dealkylation sites (tertiary alicyclic amines) is 1. The van der Waals surface area contributed by atoms with Crippen molar-refractivity contribution in [1.29, 1.82) is 0 Å². The fraction of sp³-hybridized carbons (Fsp3) is 0.259. The lowest BCUT2D eigenvalue weighted by Crippen LogP contribution is -2.45. The Morgan fingerprint density at radius 3 is 2.55 bits per heavy atom. The van der Waals surface area contributed by atoms with Crippen molar-refractivity contribution in [2.24, 2.45) is 5.92 Å². The molecule has 2 aromatic carbocycles. The summed E-state index contributed by atoms with van der Waals surface area (Å²) in [5.41, 5.74) is 2.53. The number of anilines is 2. The maximum atomic E-state index is 13.2. The second-order valence-corrected chi connectivity index (χ2v) is 9.17. The fourth-order valence-electron chi connectivity index (χ4n) is 4.04. The van der Waals surface area contributed by atoms with Crippen LogP contribution in [-0.4, -0.2) is 36.3 Å². The first-order valence-electron chi connectivity index (χ1n) is 11.1. The first-order valence-corrected chi connectivity index (χ1v) is 12.0. The molecule has 0 unspecified atom stereocenters. The van der Waals surface area contributed by atoms with E-state index in [1.54, 1.807) is 11.3 Å². The molecule has 1 aliphatic rings. The van der Waals surface area contributed by atoms with E-state index in [4.69, 9.17) is 6.42 Å². The van der Waals surface area contributed by atoms with Crippen molar-refractivity contribution in [3.05, 3.63) is 82.6 Å². The normalized spacial score (nSPS) is 13.8. The number of thiophene rings is 1. The molecular formula is C27H27N3O2S. The molecule has 0 radical (unpaired) electrons. The van der Waals surface area contributed by atoms with Gasteiger partial charge in [-0.3, -0.25) is 9.59 Å². The number of benzene rings is 2. The van der Waals surface area contributed by atoms with Crippen LogP contribution >= 0.6 is 11.3 Å². The summed E-state index contributed by atoms with van der Waals surface area (Å²) in [6.45, 7) is 2.09. The number of carbonyl (C=O) groups is 2. The zero-order valence-electron chi connectivity index (χ0n) is 18.4. The average molecular weight is 458 g/mol. The summed E-state index contributed by atoms with van der Waals surface area (Å²) >= 11 is 1.67. The molecule has 6 heteroatoms. The molecule has 1 N–H and O–H groups in total. The smallest absolute Gasteiger partial charge is 0.242 e. The van der Waals surface area contributed by atoms with Crippen molar-refractivity contribution in [3.63, 3.8) is 0 Å². The van der Waals surface area contributed by atoms with E-state index in [0.717, 1.165) is 16.9 Å². The molecule has 2 heterocycles. The largest absolute Gasteiger partial charge is 0.357 e. The van der Waals surface area contributed by atoms with Gasteiger partial charge < -0.3 is 15.1 Å². The summed E-state index contributed by atoms with van der Waals surface area (Å²) in [6, 6.07) is 21.3. The highest BCUT2D eigenvalue weighted by molar-refractivity contribution is 7.09. The average Bonchev–Trinajstić information content (AvgIpc) is 3.37. The molecule has 1 saturated heterocycles. The first-order chi connectivity index (χ1) is 16.1. The van der Waals surface area contributed by atoms with E-state index in [9.17, 15) is 9.59 Å². The minimum Gasteiger partial charge on any atom is -0.357 e. The number of carbonyl (C=O) groups excluding carboxylic acids is 2. The molecule has 0 aliphatic carbocycles. The van der Waals surface area contributed by atoms with Gasteiger partial charge in [0.25, 0.3) is 0 Å². The van der Waals surface area contributed by atoms with Crippen LogP contribution in [0.3, 0.4) is 0 Å². The highest BCUT2D eigenvalue weighted by Gasteiger charge is 2.28. The third-order valence-corrected chi connectivity index (χ3v) is 6.75. The van der Waals surface area contributed by atoms with E-state index >= 15 is 0 Å². The number of rotatable bonds is 7. The van der Waals surface area contributed by atoms with E-state index in [1.165, 1.54) is 4.88 Å². The number of nitrogens with one attached hydrogen (secondary N) is 1. The quantitative estimate of drug-likeness (QED) is 0.527. The number of hydrogen-bond donors (Lipinski definition) is 1. The van der Waals surface area contributed by atoms with Gasteiger partial charge in [-0.25, -0.2) is 0 Å². The number of piperidine rings is 1. The van der Waals surface area contributed by atoms with Gasteiger partial charge in [0.15, 0.2) is 0 Å². The van der Waals surface area contributed by atoms with Gasteiger partial charge in [0.05, 0.1) is 13.1 Å². The molecule has 3 aromatic rings. The van der Waals surface area contributed by atoms with Gasteiger partial charge in [0.2, 0.25) is 11.8 Å². The molecule has 1 aliphatic heterocycles. The lowest BCUT2D eigenvalue weighted by Gasteiger charge is -2.33. The summed E-state index contributed by atoms with van der Waals surface area (Å²) in [5.74, 6) is 2.69. The summed E-state index contributed by atoms with van der Waals surface area (Å²) in [7, 11) is 0. The second kappa shape index (κ2) is 10.8. The Balaban J connectivity index is 1.37. The van der Waals surface area contributed by atoms with Crippen LogP contribution in [0.2, 0.25) is 0 Å². The number of para-hydroxylation sites is 1. The van der Waals surface area contributed by atoms with E-state index in [0.29, 0.717) is 32.5 Å². The predicted octanol–water partition coefficient (Wildman–Crippen LogP) is 4.61. The fourth-order valence-corrected chi connectivity index (χ4v) is 4.76. The van der Waals surface area contributed by atoms with Gasteiger partial charge in [-0.2, -0.15) is 0 Å². The lowest BCUT2D eigenvalue weighted by molar-refractivity contribution is -0.133. The molecular weight excluding hydrogens is 430 g/mol. The first kappa shape index (κ1) is 22.6. The molecule has 0 atom stereocenters. The minimum absolute atomic E-state index is 0.0266. The summed E-state index contributed by atoms with van der Waals surface area (Å²) in [6.07, 6.45) is 6.92. The van der Waals surface area contributed by atoms with Gasteiger partial charge in [-0.05, 0) is 54.6 Å². The molecule has 0 saturated carbocycles. The van der Waals surface area contributed by atoms with Gasteiger partial charge in [-0.15, -0.1) is 17.8 Å². The maximum Gasteiger partial charge on any atom is 0.242 e. The topological polar surface area (TPSA) is 52.7 Å². The Morgan fingerprint density at radius 1 is 1.06 bits per heavy atom. The molecule has 5 nitrogen and oxygen atoms in total. The van der Waals surface area contributed by atoms with Crippen molar-refractivity contribution < 1.29 is 9.59 Å². The van der Waals surface area contributed by atoms with Crippen LogP contribution in [0.4, 0.5) is 11.4 Å². The van der Waals surface area contributed by atoms with Crippen molar-refractivity contribution in [2.45, 2.75) is 19.4 Å². The Bertz CT molecular complexity index is 1110. The number of nitrogens with zero attached hydrogens (tertiary/aromatic N) is 2. The van der Waals surface area contributed by atoms with Crippen LogP contribution in [0.5, 0.6) is 0 Å². The molecule has 2 amide bonds. The number of hydrogen-bond acceptors (Lipinski definition) is 4. The minimum atomic E-state index is -0.0798. The Kier molecular flexibility index (Phi) is 7.43. The number of terminal acetylenes is 1. The SMILES string of the molecule is C#Cc1cccc(N(CC(=O)N2CCC(C(=O)Nc3ccccc3)CC2)Cc2cccs2)c1. The third-order valence-electron chi connectivity index (χ3n) is 5.89. The van der Waals surface area contributed by atoms with E-state index in [2.05, 4.69) is 22.2 Å². The summed E-state index contributed by atoms with van der Waals surface area (Å²) < 4.78 is 0. The summed E-state index contributed by atoms with van der Waals surface area (Å²) in [5, 5.41) is 5.02. The van der Waals surface area contributed by atoms with Crippen molar-refractivity contribution >= 4 is 34.5 Å². The maximum absolute atomic E-state index is 13.2. The van der Waals surface area contributed by atoms with Gasteiger partial charge in [0.1, 0.15) is 0 Å². The molecule has 0 bridgehead atoms. The highest BCUT2D eigenvalue weighted by atomic mass is 32.1. The van der Waals surface area contributed by atoms with Crippen LogP contribution in [0.25, 0.3) is 0 Å². The zero-order valence-corrected chi connectivity index (χ0v) is 19.3. The molecule has 4 rings (SSSR count). The van der Waals surface area contributed by atoms with Crippen LogP contribution < -0.4 is 10.2 Å². The van der Waals surface area contributed by atoms with Crippen molar-refractivity contribution in [2.75, 3.05) is 29.9 Å². The van der Waals surface area contributed by atoms with Crippen molar-refractivity contribution in [1.82, 2.24) is 4.90 Å². The van der Waals surface area contributed by atoms with Crippen LogP contribution in [0.15, 0.2) is 72.1 Å². The van der Waals surface area contributed by atoms with E-state index in [-0.39, 0.29) is 24.3 Å². The monoisotopic (exact) mass is 457 g/mol. The Hall–Kier alpha value is -3.56. The number of amides is 2. The summed E-state index contributed by atoms with van der Waals surface area (Å²) in [4.78, 5) is 30.9. The third kappa shape index (κ3) is 6.03. The second-order valence-electron chi connectivity index (χ2n) is 8.14. The Labute approximate surface area is 199 Å². The zero-order chi connectivity index (χ0) is 23.0. The van der Waals surface area contributed by atoms with Gasteiger partial charge >= 0.3 is 0 Å². The molecule has 0 spiro atoms. The van der Waals surface area contributed by atoms with Crippen LogP contribution in [0, 0.1) is 18.3 Å². The van der Waals surface area contributed by atoms with Crippen LogP contribution in [0.1, 0.15) is 23.3 Å². The molecule has 1 aromatic heterocycles. The van der Waals surface area contributed by atoms with E-state index in [1.807, 2.05) is 70.9 Å². The molecule has 1 fully saturated rings. The lowest BCUT2D eigenvalue weighted by atomic mass is 9.95. The highest BCUT2D eigenvalue weighted by Crippen LogP contribution is 2.23. The van der Waals surface area contributed by atoms with Gasteiger partial charge in [0, 0.05) is 40.8 Å². The Morgan fingerprint density at radius 2 is 1.85 bits per heavy atom. The molecule has 33 heavy (non-hydrogen) atoms. The van der Waals surface area contributed by atoms with Gasteiger partial charge in [-0.1, -0.05) is 36.3 Å². The standard InChI is InChI=1S/C27H27N3O2S/c1-2-21-8-6-11-24(18-21)30(19-25-12-7-17-33-25)20-26(31)29-15-13-22(14-16-29)27(32)28-23-9-4-3-5-10-23/h1,3-12,17-18,22H,13-16,19-20H2,(H,28,32).